The topological polar surface area (TPSA) is 237 Å². The quantitative estimate of drug-likeness (QED) is 0.0222. The smallest absolute Gasteiger partial charge is 0.462 e. The lowest BCUT2D eigenvalue weighted by molar-refractivity contribution is -0.161. The number of phosphoric acid groups is 2. The number of phosphoric ester groups is 2. The van der Waals surface area contributed by atoms with E-state index in [9.17, 15) is 43.2 Å². The number of ether oxygens (including phenoxy) is 4. The minimum absolute atomic E-state index is 0.105. The molecule has 0 saturated carbocycles. The predicted octanol–water partition coefficient (Wildman–Crippen LogP) is 23.5. The maximum Gasteiger partial charge on any atom is 0.472 e. The van der Waals surface area contributed by atoms with Gasteiger partial charge in [-0.3, -0.25) is 37.3 Å². The third-order valence-electron chi connectivity index (χ3n) is 18.8. The molecule has 19 heteroatoms. The zero-order chi connectivity index (χ0) is 72.1. The minimum atomic E-state index is -4.96. The third-order valence-corrected chi connectivity index (χ3v) is 20.7. The summed E-state index contributed by atoms with van der Waals surface area (Å²) in [5.74, 6) is -0.630. The summed E-state index contributed by atoms with van der Waals surface area (Å²) in [4.78, 5) is 72.9. The van der Waals surface area contributed by atoms with Gasteiger partial charge in [0.25, 0.3) is 0 Å². The monoisotopic (exact) mass is 1440 g/mol. The van der Waals surface area contributed by atoms with Crippen LogP contribution in [0.4, 0.5) is 0 Å². The maximum absolute atomic E-state index is 13.1. The first kappa shape index (κ1) is 96.1. The summed E-state index contributed by atoms with van der Waals surface area (Å²) in [6.45, 7) is 9.57. The molecule has 0 rings (SSSR count). The van der Waals surface area contributed by atoms with Gasteiger partial charge in [0.1, 0.15) is 19.3 Å². The Morgan fingerprint density at radius 1 is 0.296 bits per heavy atom. The van der Waals surface area contributed by atoms with Gasteiger partial charge in [-0.05, 0) is 37.5 Å². The van der Waals surface area contributed by atoms with Crippen LogP contribution < -0.4 is 0 Å². The Labute approximate surface area is 600 Å². The molecule has 0 aromatic carbocycles. The summed E-state index contributed by atoms with van der Waals surface area (Å²) in [6, 6.07) is 0. The summed E-state index contributed by atoms with van der Waals surface area (Å²) < 4.78 is 68.6. The normalized spacial score (nSPS) is 14.2. The molecule has 582 valence electrons. The number of aliphatic hydroxyl groups is 1. The molecule has 0 aliphatic carbocycles. The van der Waals surface area contributed by atoms with Crippen LogP contribution in [0.3, 0.4) is 0 Å². The number of aliphatic hydroxyl groups excluding tert-OH is 1. The Balaban J connectivity index is 5.24. The van der Waals surface area contributed by atoms with Crippen molar-refractivity contribution in [2.75, 3.05) is 39.6 Å². The summed E-state index contributed by atoms with van der Waals surface area (Å²) >= 11 is 0. The maximum atomic E-state index is 13.1. The first-order valence-electron chi connectivity index (χ1n) is 41.0. The van der Waals surface area contributed by atoms with Gasteiger partial charge in [-0.2, -0.15) is 0 Å². The fraction of sp³-hybridized carbons (Fsp3) is 0.949. The Kier molecular flexibility index (Phi) is 69.3. The Morgan fingerprint density at radius 3 is 0.776 bits per heavy atom. The second-order valence-electron chi connectivity index (χ2n) is 29.2. The van der Waals surface area contributed by atoms with Crippen molar-refractivity contribution in [2.45, 2.75) is 432 Å². The Hall–Kier alpha value is -1.94. The van der Waals surface area contributed by atoms with Crippen molar-refractivity contribution in [2.24, 2.45) is 11.8 Å². The van der Waals surface area contributed by atoms with E-state index in [-0.39, 0.29) is 25.7 Å². The molecular weight excluding hydrogens is 1280 g/mol. The van der Waals surface area contributed by atoms with Crippen molar-refractivity contribution in [1.29, 1.82) is 0 Å². The van der Waals surface area contributed by atoms with Crippen LogP contribution in [-0.2, 0) is 65.4 Å². The number of hydrogen-bond donors (Lipinski definition) is 3. The van der Waals surface area contributed by atoms with E-state index in [1.54, 1.807) is 0 Å². The second kappa shape index (κ2) is 70.7. The van der Waals surface area contributed by atoms with Crippen LogP contribution in [0.1, 0.15) is 414 Å². The fourth-order valence-corrected chi connectivity index (χ4v) is 13.7. The SMILES string of the molecule is CCCCCCCCCCCCCCCCCCCCCC(=O)O[C@H](COC(=O)CCCCCCCCCCCCCCCCCC)COP(=O)(O)OC[C@@H](O)COP(=O)(O)OC[C@@H](COC(=O)CCCCCCCCC(C)CC)OC(=O)CCCCCCCCCCCCC(C)C. The van der Waals surface area contributed by atoms with E-state index >= 15 is 0 Å². The summed E-state index contributed by atoms with van der Waals surface area (Å²) in [7, 11) is -9.92. The number of unbranched alkanes of at least 4 members (excludes halogenated alkanes) is 47. The lowest BCUT2D eigenvalue weighted by Crippen LogP contribution is -2.30. The van der Waals surface area contributed by atoms with Crippen molar-refractivity contribution < 1.29 is 80.2 Å². The minimum Gasteiger partial charge on any atom is -0.462 e. The van der Waals surface area contributed by atoms with Gasteiger partial charge < -0.3 is 33.8 Å². The molecule has 0 aliphatic heterocycles. The highest BCUT2D eigenvalue weighted by Crippen LogP contribution is 2.45. The van der Waals surface area contributed by atoms with E-state index in [0.717, 1.165) is 108 Å². The standard InChI is InChI=1S/C79H154O17P2/c1-7-10-12-14-16-18-20-22-24-26-27-28-30-32-34-39-43-51-57-63-78(83)95-74(67-89-76(81)61-55-49-42-38-33-31-29-25-23-21-19-17-15-13-11-8-2)69-93-97(85,86)91-65-73(80)66-92-98(87,88)94-70-75(68-90-77(82)62-56-50-46-45-48-54-60-72(6)9-3)96-79(84)64-58-52-44-40-36-35-37-41-47-53-59-71(4)5/h71-75,80H,7-70H2,1-6H3,(H,85,86)(H,87,88)/t72?,73-,74-,75-/m1/s1. The highest BCUT2D eigenvalue weighted by Gasteiger charge is 2.30. The fourth-order valence-electron chi connectivity index (χ4n) is 12.2. The van der Waals surface area contributed by atoms with Gasteiger partial charge in [0.2, 0.25) is 0 Å². The first-order valence-corrected chi connectivity index (χ1v) is 44.0. The van der Waals surface area contributed by atoms with Crippen molar-refractivity contribution in [1.82, 2.24) is 0 Å². The van der Waals surface area contributed by atoms with Crippen LogP contribution in [0.15, 0.2) is 0 Å². The highest BCUT2D eigenvalue weighted by atomic mass is 31.2. The Bertz CT molecular complexity index is 1890. The van der Waals surface area contributed by atoms with Crippen LogP contribution in [-0.4, -0.2) is 96.7 Å². The molecule has 0 radical (unpaired) electrons. The number of rotatable bonds is 78. The molecule has 0 fully saturated rings. The molecule has 3 unspecified atom stereocenters. The van der Waals surface area contributed by atoms with Crippen molar-refractivity contribution in [3.05, 3.63) is 0 Å². The van der Waals surface area contributed by atoms with E-state index < -0.39 is 97.5 Å². The molecule has 0 spiro atoms. The van der Waals surface area contributed by atoms with Gasteiger partial charge in [-0.25, -0.2) is 9.13 Å². The van der Waals surface area contributed by atoms with Crippen molar-refractivity contribution in [3.63, 3.8) is 0 Å². The van der Waals surface area contributed by atoms with E-state index in [1.807, 2.05) is 0 Å². The number of esters is 4. The van der Waals surface area contributed by atoms with Crippen LogP contribution in [0.5, 0.6) is 0 Å². The van der Waals surface area contributed by atoms with Gasteiger partial charge in [-0.1, -0.05) is 363 Å². The number of carbonyl (C=O) groups excluding carboxylic acids is 4. The second-order valence-corrected chi connectivity index (χ2v) is 32.1. The average Bonchev–Trinajstić information content (AvgIpc) is 1.01. The first-order chi connectivity index (χ1) is 47.4. The molecule has 0 heterocycles. The molecule has 0 bridgehead atoms. The molecule has 0 saturated heterocycles. The molecule has 3 N–H and O–H groups in total. The molecule has 6 atom stereocenters. The van der Waals surface area contributed by atoms with Gasteiger partial charge in [0, 0.05) is 25.7 Å². The van der Waals surface area contributed by atoms with Crippen LogP contribution in [0, 0.1) is 11.8 Å². The molecule has 0 aromatic rings. The zero-order valence-electron chi connectivity index (χ0n) is 64.1. The predicted molar refractivity (Wildman–Crippen MR) is 400 cm³/mol. The molecule has 0 aromatic heterocycles. The zero-order valence-corrected chi connectivity index (χ0v) is 65.9. The number of carbonyl (C=O) groups is 4. The molecular formula is C79H154O17P2. The number of hydrogen-bond acceptors (Lipinski definition) is 15. The van der Waals surface area contributed by atoms with Crippen molar-refractivity contribution >= 4 is 39.5 Å². The Morgan fingerprint density at radius 2 is 0.520 bits per heavy atom. The largest absolute Gasteiger partial charge is 0.472 e. The molecule has 0 amide bonds. The highest BCUT2D eigenvalue weighted by molar-refractivity contribution is 7.47. The van der Waals surface area contributed by atoms with Gasteiger partial charge in [-0.15, -0.1) is 0 Å². The van der Waals surface area contributed by atoms with Crippen LogP contribution >= 0.6 is 15.6 Å². The molecule has 0 aliphatic rings. The summed E-state index contributed by atoms with van der Waals surface area (Å²) in [5.41, 5.74) is 0. The third kappa shape index (κ3) is 71.1. The van der Waals surface area contributed by atoms with Gasteiger partial charge in [0.15, 0.2) is 12.2 Å². The molecule has 17 nitrogen and oxygen atoms in total. The van der Waals surface area contributed by atoms with E-state index in [2.05, 4.69) is 41.5 Å². The van der Waals surface area contributed by atoms with Gasteiger partial charge in [0.05, 0.1) is 26.4 Å². The van der Waals surface area contributed by atoms with Crippen LogP contribution in [0.25, 0.3) is 0 Å². The van der Waals surface area contributed by atoms with E-state index in [1.165, 1.54) is 225 Å². The van der Waals surface area contributed by atoms with Crippen LogP contribution in [0.2, 0.25) is 0 Å². The van der Waals surface area contributed by atoms with E-state index in [4.69, 9.17) is 37.0 Å². The van der Waals surface area contributed by atoms with Crippen molar-refractivity contribution in [3.8, 4) is 0 Å². The summed E-state index contributed by atoms with van der Waals surface area (Å²) in [5, 5.41) is 10.6. The van der Waals surface area contributed by atoms with E-state index in [0.29, 0.717) is 25.7 Å². The molecule has 98 heavy (non-hydrogen) atoms. The lowest BCUT2D eigenvalue weighted by Gasteiger charge is -2.21. The summed E-state index contributed by atoms with van der Waals surface area (Å²) in [6.07, 6.45) is 59.7. The average molecular weight is 1440 g/mol. The van der Waals surface area contributed by atoms with Gasteiger partial charge >= 0.3 is 39.5 Å². The lowest BCUT2D eigenvalue weighted by atomic mass is 10.00.